The van der Waals surface area contributed by atoms with E-state index in [1.54, 1.807) is 24.7 Å². The lowest BCUT2D eigenvalue weighted by Crippen LogP contribution is -2.44. The van der Waals surface area contributed by atoms with Crippen LogP contribution in [0.2, 0.25) is 0 Å². The largest absolute Gasteiger partial charge is 0.481 e. The van der Waals surface area contributed by atoms with Crippen molar-refractivity contribution in [2.75, 3.05) is 31.2 Å². The average molecular weight is 715 g/mol. The number of anilines is 1. The van der Waals surface area contributed by atoms with Crippen LogP contribution in [0.1, 0.15) is 71.0 Å². The molecule has 1 fully saturated rings. The molecule has 0 bridgehead atoms. The van der Waals surface area contributed by atoms with Crippen LogP contribution >= 0.6 is 0 Å². The number of pyridine rings is 1. The summed E-state index contributed by atoms with van der Waals surface area (Å²) in [5, 5.41) is 24.7. The predicted molar refractivity (Wildman–Crippen MR) is 187 cm³/mol. The van der Waals surface area contributed by atoms with Gasteiger partial charge in [0.2, 0.25) is 21.8 Å². The zero-order valence-corrected chi connectivity index (χ0v) is 29.7. The molecule has 2 atom stereocenters. The number of H-pyrrole nitrogens is 1. The first-order valence-corrected chi connectivity index (χ1v) is 18.5. The van der Waals surface area contributed by atoms with Crippen LogP contribution in [0.15, 0.2) is 41.2 Å². The third kappa shape index (κ3) is 11.8. The SMILES string of the molecule is COc1ncc(-c2cc(-c3ncc(CN4C[C@@H](C)O[C@@H](C)C4)o3)c3cn[nH]c3c2)cc1NS(C)(=O)=O.O=C(O)CCCCCCCCC(=O)O. The molecule has 15 nitrogen and oxygen atoms in total. The van der Waals surface area contributed by atoms with Gasteiger partial charge in [-0.3, -0.25) is 24.3 Å². The van der Waals surface area contributed by atoms with Gasteiger partial charge in [0.15, 0.2) is 0 Å². The Morgan fingerprint density at radius 3 is 2.18 bits per heavy atom. The molecule has 1 aromatic carbocycles. The van der Waals surface area contributed by atoms with Gasteiger partial charge in [-0.1, -0.05) is 25.7 Å². The lowest BCUT2D eigenvalue weighted by molar-refractivity contribution is -0.138. The average Bonchev–Trinajstić information content (AvgIpc) is 3.70. The highest BCUT2D eigenvalue weighted by atomic mass is 32.2. The highest BCUT2D eigenvalue weighted by Gasteiger charge is 2.24. The smallest absolute Gasteiger partial charge is 0.303 e. The van der Waals surface area contributed by atoms with Gasteiger partial charge in [0.25, 0.3) is 0 Å². The molecule has 0 aliphatic carbocycles. The maximum Gasteiger partial charge on any atom is 0.303 e. The Hall–Kier alpha value is -4.54. The number of hydrogen-bond acceptors (Lipinski definition) is 11. The number of fused-ring (bicyclic) bond motifs is 1. The fourth-order valence-corrected chi connectivity index (χ4v) is 6.38. The van der Waals surface area contributed by atoms with Crippen LogP contribution in [0.4, 0.5) is 5.69 Å². The molecule has 4 heterocycles. The number of carbonyl (C=O) groups is 2. The van der Waals surface area contributed by atoms with Gasteiger partial charge < -0.3 is 24.1 Å². The molecule has 16 heteroatoms. The van der Waals surface area contributed by atoms with Crippen molar-refractivity contribution in [2.24, 2.45) is 0 Å². The van der Waals surface area contributed by atoms with Gasteiger partial charge in [-0.25, -0.2) is 18.4 Å². The Morgan fingerprint density at radius 2 is 1.58 bits per heavy atom. The summed E-state index contributed by atoms with van der Waals surface area (Å²) >= 11 is 0. The van der Waals surface area contributed by atoms with Gasteiger partial charge in [0.1, 0.15) is 11.4 Å². The van der Waals surface area contributed by atoms with Gasteiger partial charge in [-0.2, -0.15) is 5.10 Å². The molecule has 0 amide bonds. The number of benzene rings is 1. The summed E-state index contributed by atoms with van der Waals surface area (Å²) in [5.41, 5.74) is 3.26. The van der Waals surface area contributed by atoms with Gasteiger partial charge in [0, 0.05) is 48.6 Å². The number of carboxylic acid groups (broad SMARTS) is 2. The monoisotopic (exact) mass is 714 g/mol. The molecule has 1 aliphatic heterocycles. The molecule has 3 aromatic heterocycles. The van der Waals surface area contributed by atoms with Crippen molar-refractivity contribution >= 4 is 38.6 Å². The van der Waals surface area contributed by atoms with E-state index >= 15 is 0 Å². The quantitative estimate of drug-likeness (QED) is 0.105. The van der Waals surface area contributed by atoms with Crippen LogP contribution in [0.3, 0.4) is 0 Å². The number of rotatable bonds is 16. The lowest BCUT2D eigenvalue weighted by Gasteiger charge is -2.34. The molecule has 0 unspecified atom stereocenters. The van der Waals surface area contributed by atoms with Crippen molar-refractivity contribution < 1.29 is 42.1 Å². The second-order valence-electron chi connectivity index (χ2n) is 12.5. The minimum atomic E-state index is -3.53. The molecule has 4 aromatic rings. The van der Waals surface area contributed by atoms with Gasteiger partial charge in [0.05, 0.1) is 50.0 Å². The molecular weight excluding hydrogens is 668 g/mol. The highest BCUT2D eigenvalue weighted by molar-refractivity contribution is 7.92. The van der Waals surface area contributed by atoms with E-state index in [9.17, 15) is 18.0 Å². The number of unbranched alkanes of at least 4 members (excludes halogenated alkanes) is 5. The number of sulfonamides is 1. The van der Waals surface area contributed by atoms with E-state index < -0.39 is 22.0 Å². The number of aliphatic carboxylic acids is 2. The molecule has 272 valence electrons. The maximum atomic E-state index is 11.8. The van der Waals surface area contributed by atoms with E-state index in [4.69, 9.17) is 24.1 Å². The van der Waals surface area contributed by atoms with Crippen LogP contribution in [0, 0.1) is 0 Å². The molecule has 0 saturated carbocycles. The van der Waals surface area contributed by atoms with Crippen molar-refractivity contribution in [1.29, 1.82) is 0 Å². The van der Waals surface area contributed by atoms with Crippen molar-refractivity contribution in [2.45, 2.75) is 84.0 Å². The molecule has 0 radical (unpaired) electrons. The minimum Gasteiger partial charge on any atom is -0.481 e. The number of aromatic nitrogens is 4. The Labute approximate surface area is 291 Å². The van der Waals surface area contributed by atoms with Crippen molar-refractivity contribution in [3.05, 3.63) is 42.5 Å². The Kier molecular flexibility index (Phi) is 13.7. The molecule has 50 heavy (non-hydrogen) atoms. The summed E-state index contributed by atoms with van der Waals surface area (Å²) in [7, 11) is -2.09. The Bertz CT molecular complexity index is 1810. The van der Waals surface area contributed by atoms with Gasteiger partial charge in [-0.05, 0) is 50.5 Å². The first kappa shape index (κ1) is 38.3. The number of nitrogens with zero attached hydrogens (tertiary/aromatic N) is 4. The Balaban J connectivity index is 0.000000341. The predicted octanol–water partition coefficient (Wildman–Crippen LogP) is 5.55. The van der Waals surface area contributed by atoms with Crippen LogP contribution < -0.4 is 9.46 Å². The molecule has 5 rings (SSSR count). The number of methoxy groups -OCH3 is 1. The number of oxazole rings is 1. The third-order valence-corrected chi connectivity index (χ3v) is 8.51. The lowest BCUT2D eigenvalue weighted by atomic mass is 10.0. The van der Waals surface area contributed by atoms with Gasteiger partial charge in [-0.15, -0.1) is 0 Å². The fraction of sp³-hybridized carbons (Fsp3) is 0.500. The first-order valence-electron chi connectivity index (χ1n) is 16.6. The van der Waals surface area contributed by atoms with Crippen LogP contribution in [0.5, 0.6) is 5.88 Å². The number of ether oxygens (including phenoxy) is 2. The topological polar surface area (TPSA) is 210 Å². The first-order chi connectivity index (χ1) is 23.8. The van der Waals surface area contributed by atoms with E-state index in [-0.39, 0.29) is 36.6 Å². The van der Waals surface area contributed by atoms with E-state index in [2.05, 4.69) is 43.6 Å². The second-order valence-corrected chi connectivity index (χ2v) is 14.3. The van der Waals surface area contributed by atoms with E-state index in [1.165, 1.54) is 7.11 Å². The van der Waals surface area contributed by atoms with Crippen LogP contribution in [0.25, 0.3) is 33.5 Å². The van der Waals surface area contributed by atoms with E-state index in [0.29, 0.717) is 18.0 Å². The maximum absolute atomic E-state index is 11.8. The zero-order chi connectivity index (χ0) is 36.3. The van der Waals surface area contributed by atoms with Crippen LogP contribution in [-0.4, -0.2) is 94.3 Å². The summed E-state index contributed by atoms with van der Waals surface area (Å²) in [4.78, 5) is 31.4. The van der Waals surface area contributed by atoms with Crippen LogP contribution in [-0.2, 0) is 30.9 Å². The van der Waals surface area contributed by atoms with Crippen molar-refractivity contribution in [3.63, 3.8) is 0 Å². The standard InChI is InChI=1S/C24H28N6O5S.C10H18O4/c1-14-11-30(12-15(2)34-14)13-18-9-26-23(35-18)19-5-16(6-21-20(19)10-27-28-21)17-7-22(29-36(4,31)32)24(33-3)25-8-17;11-9(12)7-5-3-1-2-4-6-8-10(13)14/h5-10,14-15,29H,11-13H2,1-4H3,(H,27,28);1-8H2,(H,11,12)(H,13,14)/t14-,15+;. The normalized spacial score (nSPS) is 16.5. The number of hydrogen-bond donors (Lipinski definition) is 4. The summed E-state index contributed by atoms with van der Waals surface area (Å²) < 4.78 is 43.4. The summed E-state index contributed by atoms with van der Waals surface area (Å²) in [6.07, 6.45) is 12.3. The molecule has 4 N–H and O–H groups in total. The fourth-order valence-electron chi connectivity index (χ4n) is 5.84. The number of aromatic amines is 1. The number of nitrogens with one attached hydrogen (secondary N) is 2. The minimum absolute atomic E-state index is 0.165. The highest BCUT2D eigenvalue weighted by Crippen LogP contribution is 2.35. The second kappa shape index (κ2) is 17.9. The molecule has 1 saturated heterocycles. The molecular formula is C34H46N6O9S. The molecule has 0 spiro atoms. The van der Waals surface area contributed by atoms with E-state index in [0.717, 1.165) is 85.7 Å². The Morgan fingerprint density at radius 1 is 0.940 bits per heavy atom. The van der Waals surface area contributed by atoms with Crippen molar-refractivity contribution in [1.82, 2.24) is 25.1 Å². The molecule has 1 aliphatic rings. The summed E-state index contributed by atoms with van der Waals surface area (Å²) in [5.74, 6) is -0.0643. The van der Waals surface area contributed by atoms with E-state index in [1.807, 2.05) is 12.1 Å². The zero-order valence-electron chi connectivity index (χ0n) is 28.8. The summed E-state index contributed by atoms with van der Waals surface area (Å²) in [6, 6.07) is 5.52. The number of carboxylic acids is 2. The third-order valence-electron chi connectivity index (χ3n) is 7.92. The number of morpholine rings is 1. The summed E-state index contributed by atoms with van der Waals surface area (Å²) in [6.45, 7) is 6.44. The van der Waals surface area contributed by atoms with Gasteiger partial charge >= 0.3 is 11.9 Å². The van der Waals surface area contributed by atoms with Crippen molar-refractivity contribution in [3.8, 4) is 28.5 Å².